The number of hydrogen-bond acceptors (Lipinski definition) is 3. The van der Waals surface area contributed by atoms with Crippen LogP contribution in [0, 0.1) is 15.9 Å². The quantitative estimate of drug-likeness (QED) is 0.632. The van der Waals surface area contributed by atoms with E-state index in [1.165, 1.54) is 0 Å². The first kappa shape index (κ1) is 12.1. The fourth-order valence-corrected chi connectivity index (χ4v) is 1.44. The number of nitro benzene ring substituents is 1. The molecule has 5 nitrogen and oxygen atoms in total. The summed E-state index contributed by atoms with van der Waals surface area (Å²) in [7, 11) is 0. The van der Waals surface area contributed by atoms with Crippen LogP contribution in [0.15, 0.2) is 18.2 Å². The third-order valence-corrected chi connectivity index (χ3v) is 2.27. The molecular formula is C10H10FNO4. The lowest BCUT2D eigenvalue weighted by Gasteiger charge is -2.10. The van der Waals surface area contributed by atoms with Gasteiger partial charge in [-0.2, -0.15) is 0 Å². The van der Waals surface area contributed by atoms with Gasteiger partial charge in [-0.15, -0.1) is 0 Å². The van der Waals surface area contributed by atoms with Crippen molar-refractivity contribution in [3.8, 4) is 0 Å². The van der Waals surface area contributed by atoms with Gasteiger partial charge < -0.3 is 5.11 Å². The fourth-order valence-electron chi connectivity index (χ4n) is 1.44. The first-order chi connectivity index (χ1) is 7.47. The van der Waals surface area contributed by atoms with E-state index < -0.39 is 22.6 Å². The van der Waals surface area contributed by atoms with E-state index in [1.54, 1.807) is 6.92 Å². The second kappa shape index (κ2) is 4.69. The molecule has 0 aliphatic rings. The number of aliphatic carboxylic acids is 1. The minimum Gasteiger partial charge on any atom is -0.481 e. The van der Waals surface area contributed by atoms with Gasteiger partial charge in [-0.25, -0.2) is 4.39 Å². The molecule has 1 atom stereocenters. The SMILES string of the molecule is CCC(C(=O)O)c1cc([N+](=O)[O-])ccc1F. The van der Waals surface area contributed by atoms with Crippen LogP contribution in [0.2, 0.25) is 0 Å². The Hall–Kier alpha value is -1.98. The zero-order valence-electron chi connectivity index (χ0n) is 8.51. The fraction of sp³-hybridized carbons (Fsp3) is 0.300. The molecule has 0 saturated carbocycles. The van der Waals surface area contributed by atoms with Crippen molar-refractivity contribution in [3.63, 3.8) is 0 Å². The van der Waals surface area contributed by atoms with Crippen molar-refractivity contribution in [2.75, 3.05) is 0 Å². The van der Waals surface area contributed by atoms with E-state index in [1.807, 2.05) is 0 Å². The summed E-state index contributed by atoms with van der Waals surface area (Å²) < 4.78 is 13.3. The molecular weight excluding hydrogens is 217 g/mol. The molecule has 0 amide bonds. The lowest BCUT2D eigenvalue weighted by atomic mass is 9.96. The molecule has 16 heavy (non-hydrogen) atoms. The lowest BCUT2D eigenvalue weighted by Crippen LogP contribution is -2.12. The number of halogens is 1. The summed E-state index contributed by atoms with van der Waals surface area (Å²) in [6.45, 7) is 1.58. The van der Waals surface area contributed by atoms with Gasteiger partial charge in [-0.05, 0) is 12.5 Å². The van der Waals surface area contributed by atoms with Gasteiger partial charge in [0.05, 0.1) is 10.8 Å². The standard InChI is InChI=1S/C10H10FNO4/c1-2-7(10(13)14)8-5-6(12(15)16)3-4-9(8)11/h3-5,7H,2H2,1H3,(H,13,14). The molecule has 0 fully saturated rings. The predicted molar refractivity (Wildman–Crippen MR) is 53.7 cm³/mol. The molecule has 1 aromatic rings. The zero-order chi connectivity index (χ0) is 12.3. The van der Waals surface area contributed by atoms with Crippen molar-refractivity contribution < 1.29 is 19.2 Å². The Balaban J connectivity index is 3.25. The number of rotatable bonds is 4. The topological polar surface area (TPSA) is 80.4 Å². The van der Waals surface area contributed by atoms with E-state index in [9.17, 15) is 19.3 Å². The van der Waals surface area contributed by atoms with Crippen LogP contribution in [-0.2, 0) is 4.79 Å². The summed E-state index contributed by atoms with van der Waals surface area (Å²) in [5.41, 5.74) is -0.458. The Morgan fingerprint density at radius 2 is 2.25 bits per heavy atom. The summed E-state index contributed by atoms with van der Waals surface area (Å²) in [4.78, 5) is 20.6. The zero-order valence-corrected chi connectivity index (χ0v) is 8.51. The molecule has 1 unspecified atom stereocenters. The molecule has 6 heteroatoms. The summed E-state index contributed by atoms with van der Waals surface area (Å²) in [6, 6.07) is 2.89. The van der Waals surface area contributed by atoms with E-state index in [2.05, 4.69) is 0 Å². The van der Waals surface area contributed by atoms with Crippen LogP contribution in [0.25, 0.3) is 0 Å². The molecule has 1 N–H and O–H groups in total. The van der Waals surface area contributed by atoms with Crippen molar-refractivity contribution in [3.05, 3.63) is 39.7 Å². The first-order valence-corrected chi connectivity index (χ1v) is 4.64. The van der Waals surface area contributed by atoms with Gasteiger partial charge in [0.15, 0.2) is 0 Å². The van der Waals surface area contributed by atoms with Crippen molar-refractivity contribution in [1.29, 1.82) is 0 Å². The van der Waals surface area contributed by atoms with E-state index in [-0.39, 0.29) is 17.7 Å². The third-order valence-electron chi connectivity index (χ3n) is 2.27. The van der Waals surface area contributed by atoms with Gasteiger partial charge in [0.1, 0.15) is 5.82 Å². The van der Waals surface area contributed by atoms with Crippen LogP contribution in [0.3, 0.4) is 0 Å². The normalized spacial score (nSPS) is 12.1. The van der Waals surface area contributed by atoms with Crippen LogP contribution < -0.4 is 0 Å². The number of benzene rings is 1. The number of carboxylic acid groups (broad SMARTS) is 1. The molecule has 0 bridgehead atoms. The summed E-state index contributed by atoms with van der Waals surface area (Å²) in [6.07, 6.45) is 0.174. The molecule has 86 valence electrons. The Morgan fingerprint density at radius 3 is 2.69 bits per heavy atom. The van der Waals surface area contributed by atoms with E-state index in [0.717, 1.165) is 18.2 Å². The maximum absolute atomic E-state index is 13.3. The molecule has 0 spiro atoms. The van der Waals surface area contributed by atoms with Crippen LogP contribution in [0.4, 0.5) is 10.1 Å². The second-order valence-corrected chi connectivity index (χ2v) is 3.26. The van der Waals surface area contributed by atoms with Crippen molar-refractivity contribution in [2.24, 2.45) is 0 Å². The number of carboxylic acids is 1. The van der Waals surface area contributed by atoms with Crippen LogP contribution in [0.5, 0.6) is 0 Å². The van der Waals surface area contributed by atoms with Crippen LogP contribution >= 0.6 is 0 Å². The van der Waals surface area contributed by atoms with Gasteiger partial charge in [0.2, 0.25) is 0 Å². The first-order valence-electron chi connectivity index (χ1n) is 4.64. The minimum atomic E-state index is -1.19. The minimum absolute atomic E-state index is 0.149. The second-order valence-electron chi connectivity index (χ2n) is 3.26. The van der Waals surface area contributed by atoms with Gasteiger partial charge >= 0.3 is 5.97 Å². The molecule has 0 heterocycles. The number of hydrogen-bond donors (Lipinski definition) is 1. The lowest BCUT2D eigenvalue weighted by molar-refractivity contribution is -0.385. The molecule has 0 aromatic heterocycles. The van der Waals surface area contributed by atoms with Gasteiger partial charge in [-0.3, -0.25) is 14.9 Å². The van der Waals surface area contributed by atoms with Gasteiger partial charge in [0.25, 0.3) is 5.69 Å². The average Bonchev–Trinajstić information content (AvgIpc) is 2.20. The third kappa shape index (κ3) is 2.33. The summed E-state index contributed by atoms with van der Waals surface area (Å²) in [5, 5.41) is 19.3. The number of nitrogens with zero attached hydrogens (tertiary/aromatic N) is 1. The highest BCUT2D eigenvalue weighted by molar-refractivity contribution is 5.76. The molecule has 0 aliphatic carbocycles. The molecule has 1 rings (SSSR count). The van der Waals surface area contributed by atoms with Crippen LogP contribution in [-0.4, -0.2) is 16.0 Å². The highest BCUT2D eigenvalue weighted by Gasteiger charge is 2.23. The molecule has 0 radical (unpaired) electrons. The van der Waals surface area contributed by atoms with Crippen molar-refractivity contribution in [2.45, 2.75) is 19.3 Å². The monoisotopic (exact) mass is 227 g/mol. The maximum Gasteiger partial charge on any atom is 0.311 e. The van der Waals surface area contributed by atoms with E-state index in [4.69, 9.17) is 5.11 Å². The smallest absolute Gasteiger partial charge is 0.311 e. The Kier molecular flexibility index (Phi) is 3.55. The van der Waals surface area contributed by atoms with E-state index >= 15 is 0 Å². The van der Waals surface area contributed by atoms with Gasteiger partial charge in [0, 0.05) is 17.7 Å². The highest BCUT2D eigenvalue weighted by Crippen LogP contribution is 2.26. The summed E-state index contributed by atoms with van der Waals surface area (Å²) in [5.74, 6) is -2.98. The number of nitro groups is 1. The van der Waals surface area contributed by atoms with Crippen molar-refractivity contribution >= 4 is 11.7 Å². The van der Waals surface area contributed by atoms with Crippen molar-refractivity contribution in [1.82, 2.24) is 0 Å². The molecule has 0 saturated heterocycles. The summed E-state index contributed by atoms with van der Waals surface area (Å²) >= 11 is 0. The van der Waals surface area contributed by atoms with E-state index in [0.29, 0.717) is 0 Å². The average molecular weight is 227 g/mol. The number of carbonyl (C=O) groups is 1. The van der Waals surface area contributed by atoms with Crippen LogP contribution in [0.1, 0.15) is 24.8 Å². The highest BCUT2D eigenvalue weighted by atomic mass is 19.1. The molecule has 0 aliphatic heterocycles. The Morgan fingerprint density at radius 1 is 1.62 bits per heavy atom. The Bertz CT molecular complexity index is 433. The van der Waals surface area contributed by atoms with Gasteiger partial charge in [-0.1, -0.05) is 6.92 Å². The molecule has 1 aromatic carbocycles. The maximum atomic E-state index is 13.3. The Labute approximate surface area is 90.7 Å². The largest absolute Gasteiger partial charge is 0.481 e. The predicted octanol–water partition coefficient (Wildman–Crippen LogP) is 2.31. The number of non-ortho nitro benzene ring substituents is 1.